The van der Waals surface area contributed by atoms with E-state index in [-0.39, 0.29) is 18.3 Å². The highest BCUT2D eigenvalue weighted by molar-refractivity contribution is 5.94. The first-order chi connectivity index (χ1) is 11.0. The van der Waals surface area contributed by atoms with Crippen molar-refractivity contribution in [2.75, 3.05) is 44.3 Å². The first kappa shape index (κ1) is 17.0. The molecule has 0 unspecified atom stereocenters. The minimum atomic E-state index is -1.09. The number of rotatable bonds is 6. The molecule has 0 bridgehead atoms. The zero-order valence-corrected chi connectivity index (χ0v) is 13.0. The molecule has 23 heavy (non-hydrogen) atoms. The van der Waals surface area contributed by atoms with E-state index in [1.54, 1.807) is 17.0 Å². The molecule has 1 aliphatic rings. The zero-order chi connectivity index (χ0) is 16.8. The summed E-state index contributed by atoms with van der Waals surface area (Å²) in [6, 6.07) is 7.41. The van der Waals surface area contributed by atoms with Crippen LogP contribution < -0.4 is 4.90 Å². The number of amides is 1. The molecule has 1 aliphatic heterocycles. The Bertz CT molecular complexity index is 577. The number of anilines is 1. The Labute approximate surface area is 134 Å². The second-order valence-electron chi connectivity index (χ2n) is 5.36. The van der Waals surface area contributed by atoms with Crippen LogP contribution >= 0.6 is 0 Å². The number of hydrogen-bond donors (Lipinski definition) is 1. The lowest BCUT2D eigenvalue weighted by atomic mass is 10.1. The second-order valence-corrected chi connectivity index (χ2v) is 5.36. The minimum absolute atomic E-state index is 0.0355. The summed E-state index contributed by atoms with van der Waals surface area (Å²) in [5.41, 5.74) is 1.70. The molecule has 0 atom stereocenters. The second kappa shape index (κ2) is 7.73. The largest absolute Gasteiger partial charge is 0.480 e. The maximum Gasteiger partial charge on any atom is 0.329 e. The number of carbonyl (C=O) groups is 3. The summed E-state index contributed by atoms with van der Waals surface area (Å²) >= 11 is 0. The minimum Gasteiger partial charge on any atom is -0.480 e. The Morgan fingerprint density at radius 1 is 1.04 bits per heavy atom. The van der Waals surface area contributed by atoms with Gasteiger partial charge in [0.1, 0.15) is 13.2 Å². The van der Waals surface area contributed by atoms with E-state index in [9.17, 15) is 14.4 Å². The third kappa shape index (κ3) is 4.79. The van der Waals surface area contributed by atoms with Gasteiger partial charge in [0.2, 0.25) is 5.91 Å². The molecule has 0 radical (unpaired) electrons. The number of carboxylic acids is 1. The summed E-state index contributed by atoms with van der Waals surface area (Å²) in [5, 5.41) is 8.47. The molecule has 0 aliphatic carbocycles. The standard InChI is InChI=1S/C16H20N2O5/c1-12(19)13-2-4-14(5-3-13)17-6-8-18(9-7-17)15(20)10-23-11-16(21)22/h2-5H,6-11H2,1H3,(H,21,22). The van der Waals surface area contributed by atoms with Crippen molar-refractivity contribution >= 4 is 23.3 Å². The van der Waals surface area contributed by atoms with Crippen molar-refractivity contribution in [3.8, 4) is 0 Å². The van der Waals surface area contributed by atoms with E-state index in [0.717, 1.165) is 5.69 Å². The summed E-state index contributed by atoms with van der Waals surface area (Å²) in [5.74, 6) is -1.25. The molecule has 1 amide bonds. The third-order valence-corrected chi connectivity index (χ3v) is 3.72. The molecule has 124 valence electrons. The van der Waals surface area contributed by atoms with E-state index in [1.165, 1.54) is 6.92 Å². The molecule has 0 spiro atoms. The normalized spacial score (nSPS) is 14.7. The average Bonchev–Trinajstić information content (AvgIpc) is 2.54. The highest BCUT2D eigenvalue weighted by atomic mass is 16.5. The van der Waals surface area contributed by atoms with E-state index >= 15 is 0 Å². The predicted molar refractivity (Wildman–Crippen MR) is 83.7 cm³/mol. The highest BCUT2D eigenvalue weighted by Gasteiger charge is 2.21. The van der Waals surface area contributed by atoms with Crippen molar-refractivity contribution in [2.24, 2.45) is 0 Å². The van der Waals surface area contributed by atoms with Gasteiger partial charge in [0.25, 0.3) is 0 Å². The first-order valence-corrected chi connectivity index (χ1v) is 7.40. The zero-order valence-electron chi connectivity index (χ0n) is 13.0. The monoisotopic (exact) mass is 320 g/mol. The van der Waals surface area contributed by atoms with Gasteiger partial charge in [0, 0.05) is 37.4 Å². The van der Waals surface area contributed by atoms with Crippen LogP contribution in [0.3, 0.4) is 0 Å². The molecule has 1 heterocycles. The van der Waals surface area contributed by atoms with E-state index < -0.39 is 12.6 Å². The molecule has 0 aromatic heterocycles. The lowest BCUT2D eigenvalue weighted by Gasteiger charge is -2.36. The number of ether oxygens (including phenoxy) is 1. The van der Waals surface area contributed by atoms with Gasteiger partial charge in [0.05, 0.1) is 0 Å². The SMILES string of the molecule is CC(=O)c1ccc(N2CCN(C(=O)COCC(=O)O)CC2)cc1. The molecule has 7 nitrogen and oxygen atoms in total. The lowest BCUT2D eigenvalue weighted by Crippen LogP contribution is -2.49. The Balaban J connectivity index is 1.82. The summed E-state index contributed by atoms with van der Waals surface area (Å²) in [4.78, 5) is 37.3. The number of nitrogens with zero attached hydrogens (tertiary/aromatic N) is 2. The summed E-state index contributed by atoms with van der Waals surface area (Å²) < 4.78 is 4.82. The number of hydrogen-bond acceptors (Lipinski definition) is 5. The van der Waals surface area contributed by atoms with Crippen molar-refractivity contribution in [2.45, 2.75) is 6.92 Å². The van der Waals surface area contributed by atoms with Gasteiger partial charge in [-0.1, -0.05) is 0 Å². The number of benzene rings is 1. The Hall–Kier alpha value is -2.41. The molecule has 7 heteroatoms. The predicted octanol–water partition coefficient (Wildman–Crippen LogP) is 0.639. The molecule has 1 aromatic rings. The summed E-state index contributed by atoms with van der Waals surface area (Å²) in [6.45, 7) is 3.35. The van der Waals surface area contributed by atoms with Crippen LogP contribution in [0.1, 0.15) is 17.3 Å². The van der Waals surface area contributed by atoms with Crippen LogP contribution in [0.25, 0.3) is 0 Å². The van der Waals surface area contributed by atoms with Crippen LogP contribution in [0.15, 0.2) is 24.3 Å². The number of Topliss-reactive ketones (excluding diaryl/α,β-unsaturated/α-hetero) is 1. The Morgan fingerprint density at radius 3 is 2.17 bits per heavy atom. The van der Waals surface area contributed by atoms with Crippen molar-refractivity contribution in [3.05, 3.63) is 29.8 Å². The van der Waals surface area contributed by atoms with E-state index in [2.05, 4.69) is 4.90 Å². The van der Waals surface area contributed by atoms with Crippen LogP contribution in [0, 0.1) is 0 Å². The number of ketones is 1. The fourth-order valence-corrected chi connectivity index (χ4v) is 2.44. The fraction of sp³-hybridized carbons (Fsp3) is 0.438. The molecular formula is C16H20N2O5. The van der Waals surface area contributed by atoms with E-state index in [4.69, 9.17) is 9.84 Å². The maximum absolute atomic E-state index is 11.9. The summed E-state index contributed by atoms with van der Waals surface area (Å²) in [6.07, 6.45) is 0. The average molecular weight is 320 g/mol. The van der Waals surface area contributed by atoms with Crippen molar-refractivity contribution in [3.63, 3.8) is 0 Å². The molecule has 2 rings (SSSR count). The van der Waals surface area contributed by atoms with Crippen LogP contribution in [-0.4, -0.2) is 67.1 Å². The van der Waals surface area contributed by atoms with Gasteiger partial charge >= 0.3 is 5.97 Å². The first-order valence-electron chi connectivity index (χ1n) is 7.40. The molecule has 1 N–H and O–H groups in total. The van der Waals surface area contributed by atoms with Crippen LogP contribution in [0.4, 0.5) is 5.69 Å². The lowest BCUT2D eigenvalue weighted by molar-refractivity contribution is -0.145. The number of carboxylic acid groups (broad SMARTS) is 1. The number of piperazine rings is 1. The van der Waals surface area contributed by atoms with Crippen molar-refractivity contribution in [1.82, 2.24) is 4.90 Å². The van der Waals surface area contributed by atoms with E-state index in [0.29, 0.717) is 31.7 Å². The van der Waals surface area contributed by atoms with Crippen LogP contribution in [0.5, 0.6) is 0 Å². The topological polar surface area (TPSA) is 87.2 Å². The molecular weight excluding hydrogens is 300 g/mol. The quantitative estimate of drug-likeness (QED) is 0.774. The van der Waals surface area contributed by atoms with Gasteiger partial charge in [-0.05, 0) is 31.2 Å². The van der Waals surface area contributed by atoms with Gasteiger partial charge < -0.3 is 19.6 Å². The molecule has 1 saturated heterocycles. The number of aliphatic carboxylic acids is 1. The van der Waals surface area contributed by atoms with Crippen molar-refractivity contribution < 1.29 is 24.2 Å². The molecule has 1 aromatic carbocycles. The van der Waals surface area contributed by atoms with Gasteiger partial charge in [-0.3, -0.25) is 9.59 Å². The summed E-state index contributed by atoms with van der Waals surface area (Å²) in [7, 11) is 0. The van der Waals surface area contributed by atoms with E-state index in [1.807, 2.05) is 12.1 Å². The van der Waals surface area contributed by atoms with Gasteiger partial charge in [-0.15, -0.1) is 0 Å². The highest BCUT2D eigenvalue weighted by Crippen LogP contribution is 2.17. The number of carbonyl (C=O) groups excluding carboxylic acids is 2. The van der Waals surface area contributed by atoms with Gasteiger partial charge in [0.15, 0.2) is 5.78 Å². The van der Waals surface area contributed by atoms with Gasteiger partial charge in [-0.25, -0.2) is 4.79 Å². The van der Waals surface area contributed by atoms with Gasteiger partial charge in [-0.2, -0.15) is 0 Å². The Kier molecular flexibility index (Phi) is 5.70. The van der Waals surface area contributed by atoms with Crippen LogP contribution in [0.2, 0.25) is 0 Å². The Morgan fingerprint density at radius 2 is 1.65 bits per heavy atom. The third-order valence-electron chi connectivity index (χ3n) is 3.72. The molecule has 1 fully saturated rings. The maximum atomic E-state index is 11.9. The smallest absolute Gasteiger partial charge is 0.329 e. The van der Waals surface area contributed by atoms with Crippen molar-refractivity contribution in [1.29, 1.82) is 0 Å². The fourth-order valence-electron chi connectivity index (χ4n) is 2.44. The molecule has 0 saturated carbocycles. The van der Waals surface area contributed by atoms with Crippen LogP contribution in [-0.2, 0) is 14.3 Å².